The first-order chi connectivity index (χ1) is 9.63. The second-order valence-corrected chi connectivity index (χ2v) is 4.65. The van der Waals surface area contributed by atoms with Crippen LogP contribution in [0.1, 0.15) is 11.1 Å². The van der Waals surface area contributed by atoms with Gasteiger partial charge in [-0.1, -0.05) is 29.8 Å². The number of nitrogens with one attached hydrogen (secondary N) is 2. The fraction of sp³-hybridized carbons (Fsp3) is 0.0667. The highest BCUT2D eigenvalue weighted by molar-refractivity contribution is 7.80. The van der Waals surface area contributed by atoms with Gasteiger partial charge in [0.1, 0.15) is 5.82 Å². The molecule has 0 unspecified atom stereocenters. The molecule has 102 valence electrons. The van der Waals surface area contributed by atoms with Crippen molar-refractivity contribution in [2.75, 3.05) is 5.32 Å². The summed E-state index contributed by atoms with van der Waals surface area (Å²) in [6.45, 7) is 2.02. The highest BCUT2D eigenvalue weighted by Crippen LogP contribution is 2.08. The van der Waals surface area contributed by atoms with Gasteiger partial charge in [-0.2, -0.15) is 5.10 Å². The maximum absolute atomic E-state index is 12.7. The standard InChI is InChI=1S/C15H14FN3S/c1-11-2-8-14(9-3-11)18-15(20)19-17-10-12-4-6-13(16)7-5-12/h2-10H,1H3,(H2,18,19,20)/b17-10-. The van der Waals surface area contributed by atoms with E-state index in [0.29, 0.717) is 5.11 Å². The van der Waals surface area contributed by atoms with Gasteiger partial charge in [0.2, 0.25) is 0 Å². The van der Waals surface area contributed by atoms with Crippen LogP contribution in [-0.4, -0.2) is 11.3 Å². The molecule has 0 atom stereocenters. The molecule has 0 aliphatic heterocycles. The van der Waals surface area contributed by atoms with Crippen LogP contribution in [0.4, 0.5) is 10.1 Å². The molecule has 2 aromatic rings. The summed E-state index contributed by atoms with van der Waals surface area (Å²) < 4.78 is 12.7. The molecule has 0 saturated carbocycles. The topological polar surface area (TPSA) is 36.4 Å². The highest BCUT2D eigenvalue weighted by atomic mass is 32.1. The Balaban J connectivity index is 1.85. The van der Waals surface area contributed by atoms with Crippen molar-refractivity contribution < 1.29 is 4.39 Å². The third kappa shape index (κ3) is 4.44. The number of rotatable bonds is 3. The van der Waals surface area contributed by atoms with E-state index in [1.165, 1.54) is 17.7 Å². The molecule has 2 N–H and O–H groups in total. The minimum Gasteiger partial charge on any atom is -0.331 e. The van der Waals surface area contributed by atoms with Crippen LogP contribution in [0.5, 0.6) is 0 Å². The minimum absolute atomic E-state index is 0.272. The fourth-order valence-corrected chi connectivity index (χ4v) is 1.68. The predicted molar refractivity (Wildman–Crippen MR) is 84.5 cm³/mol. The van der Waals surface area contributed by atoms with E-state index in [9.17, 15) is 4.39 Å². The van der Waals surface area contributed by atoms with Crippen LogP contribution in [0.3, 0.4) is 0 Å². The Morgan fingerprint density at radius 2 is 1.75 bits per heavy atom. The Bertz CT molecular complexity index is 606. The molecule has 0 aliphatic rings. The van der Waals surface area contributed by atoms with Gasteiger partial charge in [0.05, 0.1) is 6.21 Å². The summed E-state index contributed by atoms with van der Waals surface area (Å²) in [6, 6.07) is 13.9. The van der Waals surface area contributed by atoms with E-state index < -0.39 is 0 Å². The summed E-state index contributed by atoms with van der Waals surface area (Å²) >= 11 is 5.11. The molecular weight excluding hydrogens is 273 g/mol. The first-order valence-electron chi connectivity index (χ1n) is 6.06. The summed E-state index contributed by atoms with van der Waals surface area (Å²) in [7, 11) is 0. The van der Waals surface area contributed by atoms with Crippen molar-refractivity contribution in [2.24, 2.45) is 5.10 Å². The van der Waals surface area contributed by atoms with E-state index in [2.05, 4.69) is 15.8 Å². The number of hydrogen-bond donors (Lipinski definition) is 2. The van der Waals surface area contributed by atoms with Crippen molar-refractivity contribution >= 4 is 29.2 Å². The summed E-state index contributed by atoms with van der Waals surface area (Å²) in [5.74, 6) is -0.272. The van der Waals surface area contributed by atoms with Gasteiger partial charge in [0, 0.05) is 5.69 Å². The van der Waals surface area contributed by atoms with Gasteiger partial charge in [0.15, 0.2) is 5.11 Å². The van der Waals surface area contributed by atoms with Crippen molar-refractivity contribution in [1.29, 1.82) is 0 Å². The lowest BCUT2D eigenvalue weighted by Crippen LogP contribution is -2.23. The lowest BCUT2D eigenvalue weighted by Gasteiger charge is -2.06. The molecule has 3 nitrogen and oxygen atoms in total. The Hall–Kier alpha value is -2.27. The van der Waals surface area contributed by atoms with Gasteiger partial charge >= 0.3 is 0 Å². The van der Waals surface area contributed by atoms with Crippen molar-refractivity contribution in [3.8, 4) is 0 Å². The summed E-state index contributed by atoms with van der Waals surface area (Å²) in [5.41, 5.74) is 5.57. The number of benzene rings is 2. The van der Waals surface area contributed by atoms with Crippen molar-refractivity contribution in [3.05, 3.63) is 65.5 Å². The molecule has 2 rings (SSSR count). The third-order valence-corrected chi connectivity index (χ3v) is 2.75. The van der Waals surface area contributed by atoms with E-state index in [4.69, 9.17) is 12.2 Å². The molecule has 20 heavy (non-hydrogen) atoms. The number of aryl methyl sites for hydroxylation is 1. The van der Waals surface area contributed by atoms with E-state index in [0.717, 1.165) is 11.3 Å². The first kappa shape index (κ1) is 14.1. The number of nitrogens with zero attached hydrogens (tertiary/aromatic N) is 1. The van der Waals surface area contributed by atoms with Crippen molar-refractivity contribution in [2.45, 2.75) is 6.92 Å². The average molecular weight is 287 g/mol. The van der Waals surface area contributed by atoms with Crippen molar-refractivity contribution in [3.63, 3.8) is 0 Å². The van der Waals surface area contributed by atoms with Crippen LogP contribution >= 0.6 is 12.2 Å². The van der Waals surface area contributed by atoms with Crippen molar-refractivity contribution in [1.82, 2.24) is 5.43 Å². The SMILES string of the molecule is Cc1ccc(NC(=S)N/N=C\c2ccc(F)cc2)cc1. The Kier molecular flexibility index (Phi) is 4.79. The number of halogens is 1. The maximum Gasteiger partial charge on any atom is 0.191 e. The summed E-state index contributed by atoms with van der Waals surface area (Å²) in [5, 5.41) is 7.39. The molecule has 0 aliphatic carbocycles. The fourth-order valence-electron chi connectivity index (χ4n) is 1.51. The van der Waals surface area contributed by atoms with Gasteiger partial charge in [-0.25, -0.2) is 4.39 Å². The zero-order valence-corrected chi connectivity index (χ0v) is 11.7. The van der Waals surface area contributed by atoms with Crippen LogP contribution in [0.25, 0.3) is 0 Å². The zero-order valence-electron chi connectivity index (χ0n) is 10.9. The van der Waals surface area contributed by atoms with E-state index in [1.54, 1.807) is 18.3 Å². The van der Waals surface area contributed by atoms with Gasteiger partial charge in [-0.15, -0.1) is 0 Å². The Morgan fingerprint density at radius 3 is 2.40 bits per heavy atom. The molecule has 0 saturated heterocycles. The van der Waals surface area contributed by atoms with Gasteiger partial charge in [-0.3, -0.25) is 5.43 Å². The number of anilines is 1. The zero-order chi connectivity index (χ0) is 14.4. The first-order valence-corrected chi connectivity index (χ1v) is 6.46. The minimum atomic E-state index is -0.272. The largest absolute Gasteiger partial charge is 0.331 e. The second kappa shape index (κ2) is 6.77. The van der Waals surface area contributed by atoms with E-state index in [1.807, 2.05) is 31.2 Å². The normalized spacial score (nSPS) is 10.5. The van der Waals surface area contributed by atoms with Crippen LogP contribution in [-0.2, 0) is 0 Å². The molecule has 0 heterocycles. The smallest absolute Gasteiger partial charge is 0.191 e. The monoisotopic (exact) mass is 287 g/mol. The lowest BCUT2D eigenvalue weighted by atomic mass is 10.2. The molecule has 0 spiro atoms. The Labute approximate surface area is 122 Å². The van der Waals surface area contributed by atoms with Crippen LogP contribution < -0.4 is 10.7 Å². The number of hydrogen-bond acceptors (Lipinski definition) is 2. The molecule has 0 fully saturated rings. The molecule has 2 aromatic carbocycles. The maximum atomic E-state index is 12.7. The number of thiocarbonyl (C=S) groups is 1. The third-order valence-electron chi connectivity index (χ3n) is 2.56. The van der Waals surface area contributed by atoms with Gasteiger partial charge < -0.3 is 5.32 Å². The summed E-state index contributed by atoms with van der Waals surface area (Å²) in [4.78, 5) is 0. The van der Waals surface area contributed by atoms with E-state index >= 15 is 0 Å². The van der Waals surface area contributed by atoms with Gasteiger partial charge in [-0.05, 0) is 49.0 Å². The quantitative estimate of drug-likeness (QED) is 0.516. The molecule has 0 bridgehead atoms. The molecule has 5 heteroatoms. The van der Waals surface area contributed by atoms with Gasteiger partial charge in [0.25, 0.3) is 0 Å². The molecule has 0 amide bonds. The number of hydrazone groups is 1. The van der Waals surface area contributed by atoms with Crippen LogP contribution in [0, 0.1) is 12.7 Å². The van der Waals surface area contributed by atoms with E-state index in [-0.39, 0.29) is 5.82 Å². The molecular formula is C15H14FN3S. The lowest BCUT2D eigenvalue weighted by molar-refractivity contribution is 0.628. The predicted octanol–water partition coefficient (Wildman–Crippen LogP) is 3.45. The average Bonchev–Trinajstić information content (AvgIpc) is 2.44. The molecule has 0 radical (unpaired) electrons. The second-order valence-electron chi connectivity index (χ2n) is 4.24. The van der Waals surface area contributed by atoms with Crippen LogP contribution in [0.15, 0.2) is 53.6 Å². The molecule has 0 aromatic heterocycles. The van der Waals surface area contributed by atoms with Crippen LogP contribution in [0.2, 0.25) is 0 Å². The summed E-state index contributed by atoms with van der Waals surface area (Å²) in [6.07, 6.45) is 1.57. The highest BCUT2D eigenvalue weighted by Gasteiger charge is 1.95. The Morgan fingerprint density at radius 1 is 1.10 bits per heavy atom.